The van der Waals surface area contributed by atoms with Crippen LogP contribution < -0.4 is 25.4 Å². The Kier molecular flexibility index (Phi) is 10.8. The van der Waals surface area contributed by atoms with E-state index >= 15 is 0 Å². The number of hydrogen-bond donors (Lipinski definition) is 3. The molecule has 1 amide bonds. The lowest BCUT2D eigenvalue weighted by molar-refractivity contribution is -0.119. The lowest BCUT2D eigenvalue weighted by atomic mass is 9.98. The quantitative estimate of drug-likeness (QED) is 0.185. The van der Waals surface area contributed by atoms with Crippen molar-refractivity contribution in [3.8, 4) is 45.4 Å². The Hall–Kier alpha value is -3.91. The van der Waals surface area contributed by atoms with Gasteiger partial charge in [-0.15, -0.1) is 0 Å². The van der Waals surface area contributed by atoms with E-state index in [4.69, 9.17) is 52.1 Å². The third kappa shape index (κ3) is 7.64. The molecule has 47 heavy (non-hydrogen) atoms. The number of hydrogen-bond acceptors (Lipinski definition) is 11. The second kappa shape index (κ2) is 15.3. The van der Waals surface area contributed by atoms with Crippen molar-refractivity contribution in [3.05, 3.63) is 70.2 Å². The number of benzene rings is 2. The molecule has 2 aliphatic heterocycles. The summed E-state index contributed by atoms with van der Waals surface area (Å²) in [4.78, 5) is 30.1. The van der Waals surface area contributed by atoms with Crippen molar-refractivity contribution in [2.24, 2.45) is 0 Å². The minimum absolute atomic E-state index is 0.0826. The summed E-state index contributed by atoms with van der Waals surface area (Å²) in [6, 6.07) is 11.5. The molecule has 12 nitrogen and oxygen atoms in total. The van der Waals surface area contributed by atoms with Crippen LogP contribution in [0.3, 0.4) is 0 Å². The zero-order chi connectivity index (χ0) is 32.8. The second-order valence-corrected chi connectivity index (χ2v) is 11.7. The maximum Gasteiger partial charge on any atom is 0.237 e. The number of ether oxygens (including phenoxy) is 4. The van der Waals surface area contributed by atoms with E-state index in [0.29, 0.717) is 102 Å². The first kappa shape index (κ1) is 33.0. The van der Waals surface area contributed by atoms with Gasteiger partial charge in [-0.25, -0.2) is 9.97 Å². The van der Waals surface area contributed by atoms with Crippen molar-refractivity contribution in [2.45, 2.75) is 38.3 Å². The molecule has 6 rings (SSSR count). The summed E-state index contributed by atoms with van der Waals surface area (Å²) in [5.41, 5.74) is 5.21. The maximum atomic E-state index is 11.5. The van der Waals surface area contributed by atoms with Gasteiger partial charge in [0.2, 0.25) is 17.7 Å². The molecule has 4 heterocycles. The summed E-state index contributed by atoms with van der Waals surface area (Å²) >= 11 is 14.1. The standard InChI is InChI=1S/C33H35Cl2N7O5/c1-44-32-26(14-36-13-19-9-10-28(43)40-19)38-16-24(41-32)22-7-3-5-20(30(22)34)21-6-4-8-23(31(21)35)25-17-39-27(33(42-25)45-2)15-37-18-29-46-11-12-47-29/h3-8,16-17,19,29,36-37H,9-15,18H2,1-2H3,(H,40,43). The molecule has 0 saturated carbocycles. The van der Waals surface area contributed by atoms with Gasteiger partial charge in [0.1, 0.15) is 11.4 Å². The second-order valence-electron chi connectivity index (χ2n) is 11.0. The molecule has 3 N–H and O–H groups in total. The highest BCUT2D eigenvalue weighted by Gasteiger charge is 2.22. The zero-order valence-electron chi connectivity index (χ0n) is 26.0. The third-order valence-corrected chi connectivity index (χ3v) is 8.73. The molecule has 14 heteroatoms. The first-order valence-corrected chi connectivity index (χ1v) is 16.0. The number of amides is 1. The molecule has 0 spiro atoms. The van der Waals surface area contributed by atoms with Gasteiger partial charge in [0.25, 0.3) is 0 Å². The molecule has 0 bridgehead atoms. The van der Waals surface area contributed by atoms with Crippen LogP contribution in [0.25, 0.3) is 33.6 Å². The van der Waals surface area contributed by atoms with E-state index < -0.39 is 0 Å². The van der Waals surface area contributed by atoms with Crippen LogP contribution in [0, 0.1) is 0 Å². The van der Waals surface area contributed by atoms with Crippen molar-refractivity contribution in [2.75, 3.05) is 40.5 Å². The van der Waals surface area contributed by atoms with E-state index in [-0.39, 0.29) is 18.2 Å². The first-order valence-electron chi connectivity index (χ1n) is 15.3. The number of nitrogens with one attached hydrogen (secondary N) is 3. The monoisotopic (exact) mass is 679 g/mol. The van der Waals surface area contributed by atoms with Crippen LogP contribution in [-0.4, -0.2) is 78.7 Å². The first-order chi connectivity index (χ1) is 22.9. The van der Waals surface area contributed by atoms with Gasteiger partial charge in [-0.3, -0.25) is 14.8 Å². The predicted molar refractivity (Wildman–Crippen MR) is 177 cm³/mol. The number of aromatic nitrogens is 4. The van der Waals surface area contributed by atoms with Gasteiger partial charge in [0.05, 0.1) is 61.3 Å². The molecule has 2 aromatic heterocycles. The number of rotatable bonds is 13. The molecule has 246 valence electrons. The van der Waals surface area contributed by atoms with Crippen LogP contribution in [0.5, 0.6) is 11.8 Å². The Morgan fingerprint density at radius 2 is 1.32 bits per heavy atom. The molecule has 4 aromatic rings. The maximum absolute atomic E-state index is 11.5. The van der Waals surface area contributed by atoms with E-state index in [0.717, 1.165) is 17.5 Å². The molecular weight excluding hydrogens is 645 g/mol. The van der Waals surface area contributed by atoms with Crippen molar-refractivity contribution < 1.29 is 23.7 Å². The van der Waals surface area contributed by atoms with E-state index in [1.165, 1.54) is 0 Å². The van der Waals surface area contributed by atoms with Gasteiger partial charge in [-0.1, -0.05) is 59.6 Å². The van der Waals surface area contributed by atoms with Crippen molar-refractivity contribution >= 4 is 29.1 Å². The topological polar surface area (TPSA) is 142 Å². The lowest BCUT2D eigenvalue weighted by Crippen LogP contribution is -2.35. The highest BCUT2D eigenvalue weighted by molar-refractivity contribution is 6.39. The minimum Gasteiger partial charge on any atom is -0.480 e. The summed E-state index contributed by atoms with van der Waals surface area (Å²) in [7, 11) is 3.11. The Morgan fingerprint density at radius 3 is 1.81 bits per heavy atom. The normalized spacial score (nSPS) is 16.4. The van der Waals surface area contributed by atoms with Gasteiger partial charge in [-0.05, 0) is 6.42 Å². The summed E-state index contributed by atoms with van der Waals surface area (Å²) < 4.78 is 22.1. The molecule has 2 fully saturated rings. The average Bonchev–Trinajstić information content (AvgIpc) is 3.77. The Bertz CT molecular complexity index is 1740. The molecule has 0 radical (unpaired) electrons. The highest BCUT2D eigenvalue weighted by atomic mass is 35.5. The SMILES string of the molecule is COc1nc(-c2cccc(-c3cccc(-c4cnc(CNCC5OCCO5)c(OC)n4)c3Cl)c2Cl)cnc1CNCC1CCC(=O)N1. The van der Waals surface area contributed by atoms with Gasteiger partial charge in [0.15, 0.2) is 6.29 Å². The number of nitrogens with zero attached hydrogens (tertiary/aromatic N) is 4. The summed E-state index contributed by atoms with van der Waals surface area (Å²) in [6.45, 7) is 3.23. The van der Waals surface area contributed by atoms with E-state index in [9.17, 15) is 4.79 Å². The van der Waals surface area contributed by atoms with Gasteiger partial charge >= 0.3 is 0 Å². The minimum atomic E-state index is -0.269. The number of halogens is 2. The van der Waals surface area contributed by atoms with Crippen LogP contribution in [0.15, 0.2) is 48.8 Å². The smallest absolute Gasteiger partial charge is 0.237 e. The van der Waals surface area contributed by atoms with Gasteiger partial charge < -0.3 is 34.9 Å². The largest absolute Gasteiger partial charge is 0.480 e. The average molecular weight is 681 g/mol. The summed E-state index contributed by atoms with van der Waals surface area (Å²) in [5, 5.41) is 10.5. The fraction of sp³-hybridized carbons (Fsp3) is 0.364. The van der Waals surface area contributed by atoms with Crippen LogP contribution in [0.1, 0.15) is 24.2 Å². The van der Waals surface area contributed by atoms with E-state index in [1.807, 2.05) is 36.4 Å². The molecular formula is C33H35Cl2N7O5. The Balaban J connectivity index is 1.21. The third-order valence-electron chi connectivity index (χ3n) is 7.91. The zero-order valence-corrected chi connectivity index (χ0v) is 27.5. The number of carbonyl (C=O) groups excluding carboxylic acids is 1. The van der Waals surface area contributed by atoms with Crippen molar-refractivity contribution in [1.82, 2.24) is 35.9 Å². The fourth-order valence-corrected chi connectivity index (χ4v) is 6.18. The molecule has 2 aromatic carbocycles. The van der Waals surface area contributed by atoms with Crippen molar-refractivity contribution in [3.63, 3.8) is 0 Å². The van der Waals surface area contributed by atoms with Gasteiger partial charge in [0, 0.05) is 60.9 Å². The van der Waals surface area contributed by atoms with Crippen LogP contribution in [0.4, 0.5) is 0 Å². The summed E-state index contributed by atoms with van der Waals surface area (Å²) in [6.07, 6.45) is 4.45. The molecule has 0 aliphatic carbocycles. The lowest BCUT2D eigenvalue weighted by Gasteiger charge is -2.15. The molecule has 2 aliphatic rings. The van der Waals surface area contributed by atoms with Crippen molar-refractivity contribution in [1.29, 1.82) is 0 Å². The highest BCUT2D eigenvalue weighted by Crippen LogP contribution is 2.42. The fourth-order valence-electron chi connectivity index (χ4n) is 5.53. The molecule has 1 atom stereocenters. The van der Waals surface area contributed by atoms with Crippen LogP contribution >= 0.6 is 23.2 Å². The number of methoxy groups -OCH3 is 2. The van der Waals surface area contributed by atoms with Crippen LogP contribution in [-0.2, 0) is 27.4 Å². The molecule has 2 saturated heterocycles. The van der Waals surface area contributed by atoms with Gasteiger partial charge in [-0.2, -0.15) is 0 Å². The van der Waals surface area contributed by atoms with E-state index in [2.05, 4.69) is 25.9 Å². The predicted octanol–water partition coefficient (Wildman–Crippen LogP) is 4.42. The molecule has 1 unspecified atom stereocenters. The summed E-state index contributed by atoms with van der Waals surface area (Å²) in [5.74, 6) is 0.860. The van der Waals surface area contributed by atoms with Crippen LogP contribution in [0.2, 0.25) is 10.0 Å². The Morgan fingerprint density at radius 1 is 0.809 bits per heavy atom. The van der Waals surface area contributed by atoms with E-state index in [1.54, 1.807) is 26.6 Å². The number of carbonyl (C=O) groups is 1. The Labute approximate surface area is 282 Å².